The van der Waals surface area contributed by atoms with Gasteiger partial charge in [0.25, 0.3) is 0 Å². The molecule has 0 spiro atoms. The highest BCUT2D eigenvalue weighted by molar-refractivity contribution is 8.00. The molecule has 6 atom stereocenters. The summed E-state index contributed by atoms with van der Waals surface area (Å²) in [4.78, 5) is 23.5. The normalized spacial score (nSPS) is 15.5. The molecular formula is C40H78O7S2. The van der Waals surface area contributed by atoms with Crippen molar-refractivity contribution in [2.24, 2.45) is 23.7 Å². The number of unbranched alkanes of at least 4 members (excludes halogenated alkanes) is 6. The quantitative estimate of drug-likeness (QED) is 0.0600. The summed E-state index contributed by atoms with van der Waals surface area (Å²) in [6.45, 7) is 15.6. The predicted molar refractivity (Wildman–Crippen MR) is 211 cm³/mol. The Hall–Kier alpha value is -0.480. The molecule has 0 heterocycles. The van der Waals surface area contributed by atoms with E-state index in [9.17, 15) is 19.8 Å². The number of carboxylic acids is 2. The second kappa shape index (κ2) is 34.6. The van der Waals surface area contributed by atoms with Crippen molar-refractivity contribution in [2.75, 3.05) is 51.1 Å². The molecule has 0 fully saturated rings. The Bertz CT molecular complexity index is 696. The van der Waals surface area contributed by atoms with Crippen LogP contribution < -0.4 is 0 Å². The fraction of sp³-hybridized carbons (Fsp3) is 0.950. The molecule has 0 rings (SSSR count). The van der Waals surface area contributed by atoms with Gasteiger partial charge in [0.05, 0.1) is 38.3 Å². The molecule has 0 aliphatic rings. The number of ether oxygens (including phenoxy) is 3. The van der Waals surface area contributed by atoms with Crippen LogP contribution in [-0.4, -0.2) is 83.8 Å². The Kier molecular flexibility index (Phi) is 34.3. The topological polar surface area (TPSA) is 102 Å². The van der Waals surface area contributed by atoms with E-state index in [2.05, 4.69) is 27.7 Å². The van der Waals surface area contributed by atoms with Crippen molar-refractivity contribution in [2.45, 2.75) is 168 Å². The van der Waals surface area contributed by atoms with Gasteiger partial charge in [0, 0.05) is 23.7 Å². The zero-order valence-electron chi connectivity index (χ0n) is 32.6. The van der Waals surface area contributed by atoms with Gasteiger partial charge in [-0.15, -0.1) is 0 Å². The molecule has 0 aromatic heterocycles. The molecule has 0 aliphatic heterocycles. The van der Waals surface area contributed by atoms with Gasteiger partial charge in [-0.3, -0.25) is 9.59 Å². The first-order chi connectivity index (χ1) is 23.7. The molecule has 0 saturated heterocycles. The molecule has 0 bridgehead atoms. The van der Waals surface area contributed by atoms with Crippen LogP contribution in [-0.2, 0) is 23.8 Å². The second-order valence-electron chi connectivity index (χ2n) is 14.1. The third-order valence-electron chi connectivity index (χ3n) is 9.81. The van der Waals surface area contributed by atoms with E-state index >= 15 is 0 Å². The predicted octanol–water partition coefficient (Wildman–Crippen LogP) is 11.0. The molecule has 0 radical (unpaired) electrons. The van der Waals surface area contributed by atoms with Crippen LogP contribution in [0.1, 0.15) is 157 Å². The fourth-order valence-corrected chi connectivity index (χ4v) is 9.08. The number of hydrogen-bond donors (Lipinski definition) is 2. The van der Waals surface area contributed by atoms with Crippen molar-refractivity contribution in [3.05, 3.63) is 0 Å². The van der Waals surface area contributed by atoms with E-state index in [4.69, 9.17) is 14.2 Å². The number of rotatable bonds is 38. The highest BCUT2D eigenvalue weighted by Gasteiger charge is 2.25. The Morgan fingerprint density at radius 1 is 0.469 bits per heavy atom. The number of carboxylic acid groups (broad SMARTS) is 2. The van der Waals surface area contributed by atoms with Gasteiger partial charge >= 0.3 is 11.9 Å². The number of thioether (sulfide) groups is 2. The lowest BCUT2D eigenvalue weighted by molar-refractivity contribution is -0.142. The van der Waals surface area contributed by atoms with Gasteiger partial charge in [0.2, 0.25) is 0 Å². The minimum Gasteiger partial charge on any atom is -0.481 e. The van der Waals surface area contributed by atoms with Crippen molar-refractivity contribution in [1.82, 2.24) is 0 Å². The molecule has 0 aromatic carbocycles. The highest BCUT2D eigenvalue weighted by atomic mass is 32.2. The summed E-state index contributed by atoms with van der Waals surface area (Å²) >= 11 is 3.62. The molecular weight excluding hydrogens is 657 g/mol. The van der Waals surface area contributed by atoms with Crippen LogP contribution in [0, 0.1) is 23.7 Å². The van der Waals surface area contributed by atoms with Crippen LogP contribution in [0.5, 0.6) is 0 Å². The average Bonchev–Trinajstić information content (AvgIpc) is 3.08. The largest absolute Gasteiger partial charge is 0.481 e. The molecule has 0 aliphatic carbocycles. The summed E-state index contributed by atoms with van der Waals surface area (Å²) in [6.07, 6.45) is 21.7. The number of carbonyl (C=O) groups is 2. The van der Waals surface area contributed by atoms with Crippen LogP contribution in [0.3, 0.4) is 0 Å². The Morgan fingerprint density at radius 3 is 1.12 bits per heavy atom. The molecule has 7 nitrogen and oxygen atoms in total. The van der Waals surface area contributed by atoms with E-state index < -0.39 is 23.8 Å². The van der Waals surface area contributed by atoms with E-state index in [-0.39, 0.29) is 10.5 Å². The number of hydrogen-bond acceptors (Lipinski definition) is 7. The molecule has 6 unspecified atom stereocenters. The summed E-state index contributed by atoms with van der Waals surface area (Å²) in [5.41, 5.74) is 0. The smallest absolute Gasteiger partial charge is 0.307 e. The molecule has 0 aromatic rings. The van der Waals surface area contributed by atoms with Crippen molar-refractivity contribution in [1.29, 1.82) is 0 Å². The second-order valence-corrected chi connectivity index (χ2v) is 16.8. The van der Waals surface area contributed by atoms with Crippen molar-refractivity contribution in [3.8, 4) is 0 Å². The van der Waals surface area contributed by atoms with Crippen LogP contribution in [0.4, 0.5) is 0 Å². The molecule has 2 N–H and O–H groups in total. The Morgan fingerprint density at radius 2 is 0.796 bits per heavy atom. The van der Waals surface area contributed by atoms with Gasteiger partial charge in [-0.05, 0) is 49.0 Å². The maximum absolute atomic E-state index is 11.8. The summed E-state index contributed by atoms with van der Waals surface area (Å²) in [5, 5.41) is 19.4. The lowest BCUT2D eigenvalue weighted by Crippen LogP contribution is -2.25. The molecule has 292 valence electrons. The first kappa shape index (κ1) is 48.5. The van der Waals surface area contributed by atoms with Gasteiger partial charge in [-0.1, -0.05) is 131 Å². The van der Waals surface area contributed by atoms with Crippen molar-refractivity contribution < 1.29 is 34.0 Å². The van der Waals surface area contributed by atoms with E-state index in [1.807, 2.05) is 37.4 Å². The van der Waals surface area contributed by atoms with E-state index in [1.54, 1.807) is 0 Å². The van der Waals surface area contributed by atoms with E-state index in [1.165, 1.54) is 103 Å². The Balaban J connectivity index is 4.34. The van der Waals surface area contributed by atoms with Crippen molar-refractivity contribution >= 4 is 35.5 Å². The Labute approximate surface area is 310 Å². The summed E-state index contributed by atoms with van der Waals surface area (Å²) in [6, 6.07) is 0. The lowest BCUT2D eigenvalue weighted by atomic mass is 9.93. The zero-order chi connectivity index (χ0) is 36.5. The summed E-state index contributed by atoms with van der Waals surface area (Å²) < 4.78 is 17.3. The van der Waals surface area contributed by atoms with Gasteiger partial charge in [0.1, 0.15) is 0 Å². The molecule has 0 amide bonds. The van der Waals surface area contributed by atoms with Gasteiger partial charge < -0.3 is 24.4 Å². The van der Waals surface area contributed by atoms with Crippen LogP contribution in [0.25, 0.3) is 0 Å². The molecule has 9 heteroatoms. The average molecular weight is 735 g/mol. The van der Waals surface area contributed by atoms with Gasteiger partial charge in [-0.25, -0.2) is 0 Å². The van der Waals surface area contributed by atoms with E-state index in [0.717, 1.165) is 36.2 Å². The molecule has 49 heavy (non-hydrogen) atoms. The first-order valence-corrected chi connectivity index (χ1v) is 22.2. The molecule has 0 saturated carbocycles. The van der Waals surface area contributed by atoms with E-state index in [0.29, 0.717) is 39.6 Å². The highest BCUT2D eigenvalue weighted by Crippen LogP contribution is 2.30. The zero-order valence-corrected chi connectivity index (χ0v) is 34.2. The van der Waals surface area contributed by atoms with Crippen LogP contribution in [0.15, 0.2) is 0 Å². The third kappa shape index (κ3) is 27.8. The lowest BCUT2D eigenvalue weighted by Gasteiger charge is -2.23. The SMILES string of the molecule is CCCCCC(CCCC)CCSC(CCOCCOCCOCCC(SCCC(CCCC)CCCCC)C(C)C(=O)O)C(C)C(=O)O. The monoisotopic (exact) mass is 735 g/mol. The fourth-order valence-electron chi connectivity index (χ4n) is 6.20. The summed E-state index contributed by atoms with van der Waals surface area (Å²) in [7, 11) is 0. The van der Waals surface area contributed by atoms with Crippen molar-refractivity contribution in [3.63, 3.8) is 0 Å². The minimum atomic E-state index is -0.734. The van der Waals surface area contributed by atoms with Crippen LogP contribution in [0.2, 0.25) is 0 Å². The standard InChI is InChI=1S/C40H78O7S2/c1-7-11-15-19-35(17-13-9-3)23-31-48-37(33(5)39(41)42)21-25-45-27-29-47-30-28-46-26-22-38(34(6)40(43)44)49-32-24-36(18-14-10-4)20-16-12-8-2/h33-38H,7-32H2,1-6H3,(H,41,42)(H,43,44). The first-order valence-electron chi connectivity index (χ1n) is 20.1. The third-order valence-corrected chi connectivity index (χ3v) is 12.9. The summed E-state index contributed by atoms with van der Waals surface area (Å²) in [5.74, 6) is 1.27. The number of aliphatic carboxylic acids is 2. The van der Waals surface area contributed by atoms with Gasteiger partial charge in [-0.2, -0.15) is 23.5 Å². The maximum atomic E-state index is 11.8. The minimum absolute atomic E-state index is 0.0494. The van der Waals surface area contributed by atoms with Crippen LogP contribution >= 0.6 is 23.5 Å². The van der Waals surface area contributed by atoms with Gasteiger partial charge in [0.15, 0.2) is 0 Å². The maximum Gasteiger partial charge on any atom is 0.307 e.